The highest BCUT2D eigenvalue weighted by Crippen LogP contribution is 2.16. The Kier molecular flexibility index (Phi) is 47.2. The Morgan fingerprint density at radius 3 is 1.37 bits per heavy atom. The summed E-state index contributed by atoms with van der Waals surface area (Å²) in [5, 5.41) is 23.7. The second-order valence-electron chi connectivity index (χ2n) is 17.5. The number of hydrogen-bond acceptors (Lipinski definition) is 5. The lowest BCUT2D eigenvalue weighted by Gasteiger charge is -2.23. The molecule has 0 aromatic carbocycles. The Balaban J connectivity index is 4.71. The van der Waals surface area contributed by atoms with Crippen LogP contribution >= 0.6 is 0 Å². The van der Waals surface area contributed by atoms with Crippen molar-refractivity contribution >= 4 is 11.9 Å². The molecule has 6 heteroatoms. The zero-order chi connectivity index (χ0) is 45.2. The SMILES string of the molecule is CC/C=C/C/C=C/C/C=C/C/C=C/C/C=C/C(CC(=O)NC(CO)C(O)CCCCCCCCCCCCCCCC)OC(=O)CCCCCCCCC/C=C\CCCCCC. The fourth-order valence-electron chi connectivity index (χ4n) is 7.56. The third-order valence-corrected chi connectivity index (χ3v) is 11.5. The normalized spacial score (nSPS) is 13.8. The average molecular weight is 866 g/mol. The van der Waals surface area contributed by atoms with Crippen LogP contribution in [0.15, 0.2) is 72.9 Å². The minimum Gasteiger partial charge on any atom is -0.458 e. The van der Waals surface area contributed by atoms with E-state index in [0.29, 0.717) is 19.3 Å². The van der Waals surface area contributed by atoms with E-state index in [-0.39, 0.29) is 24.9 Å². The van der Waals surface area contributed by atoms with Gasteiger partial charge in [0.05, 0.1) is 25.2 Å². The molecule has 0 heterocycles. The first-order chi connectivity index (χ1) is 30.5. The second-order valence-corrected chi connectivity index (χ2v) is 17.5. The van der Waals surface area contributed by atoms with Crippen molar-refractivity contribution in [3.63, 3.8) is 0 Å². The quantitative estimate of drug-likeness (QED) is 0.0322. The van der Waals surface area contributed by atoms with Gasteiger partial charge in [-0.3, -0.25) is 9.59 Å². The summed E-state index contributed by atoms with van der Waals surface area (Å²) < 4.78 is 5.82. The fourth-order valence-corrected chi connectivity index (χ4v) is 7.56. The molecule has 3 atom stereocenters. The van der Waals surface area contributed by atoms with Gasteiger partial charge in [0.1, 0.15) is 6.10 Å². The molecule has 0 aromatic heterocycles. The first-order valence-corrected chi connectivity index (χ1v) is 26.2. The van der Waals surface area contributed by atoms with E-state index in [0.717, 1.165) is 64.2 Å². The third-order valence-electron chi connectivity index (χ3n) is 11.5. The zero-order valence-corrected chi connectivity index (χ0v) is 40.7. The summed E-state index contributed by atoms with van der Waals surface area (Å²) >= 11 is 0. The van der Waals surface area contributed by atoms with Gasteiger partial charge in [-0.2, -0.15) is 0 Å². The van der Waals surface area contributed by atoms with Gasteiger partial charge in [-0.05, 0) is 76.7 Å². The standard InChI is InChI=1S/C56H99NO5/c1-4-7-10-13-16-19-22-25-28-31-34-37-40-43-46-49-56(61)62-52(47-44-41-38-35-32-29-26-23-20-17-14-11-8-5-2)50-55(60)57-53(51-58)54(59)48-45-42-39-36-33-30-27-24-21-18-15-12-9-6-3/h8,11,17,19-20,22,26,29,35,38,44,47,52-54,58-59H,4-7,9-10,12-16,18,21,23-25,27-28,30-34,36-37,39-43,45-46,48-51H2,1-3H3,(H,57,60)/b11-8+,20-17+,22-19-,29-26+,38-35+,47-44+. The molecule has 0 rings (SSSR count). The summed E-state index contributed by atoms with van der Waals surface area (Å²) in [5.41, 5.74) is 0. The maximum atomic E-state index is 13.2. The number of carbonyl (C=O) groups excluding carboxylic acids is 2. The molecule has 0 aliphatic heterocycles. The number of hydrogen-bond donors (Lipinski definition) is 3. The number of carbonyl (C=O) groups is 2. The topological polar surface area (TPSA) is 95.9 Å². The molecule has 0 radical (unpaired) electrons. The van der Waals surface area contributed by atoms with Crippen molar-refractivity contribution in [3.8, 4) is 0 Å². The van der Waals surface area contributed by atoms with Gasteiger partial charge in [0.2, 0.25) is 5.91 Å². The van der Waals surface area contributed by atoms with E-state index in [2.05, 4.69) is 86.8 Å². The van der Waals surface area contributed by atoms with Gasteiger partial charge in [-0.15, -0.1) is 0 Å². The van der Waals surface area contributed by atoms with Crippen molar-refractivity contribution in [2.75, 3.05) is 6.61 Å². The molecule has 62 heavy (non-hydrogen) atoms. The number of aliphatic hydroxyl groups is 2. The van der Waals surface area contributed by atoms with Crippen LogP contribution < -0.4 is 5.32 Å². The van der Waals surface area contributed by atoms with Crippen LogP contribution in [0, 0.1) is 0 Å². The van der Waals surface area contributed by atoms with E-state index >= 15 is 0 Å². The van der Waals surface area contributed by atoms with Crippen LogP contribution in [0.2, 0.25) is 0 Å². The lowest BCUT2D eigenvalue weighted by Crippen LogP contribution is -2.46. The largest absolute Gasteiger partial charge is 0.458 e. The number of allylic oxidation sites excluding steroid dienone is 11. The molecule has 0 fully saturated rings. The van der Waals surface area contributed by atoms with Crippen molar-refractivity contribution in [3.05, 3.63) is 72.9 Å². The molecule has 0 aliphatic carbocycles. The van der Waals surface area contributed by atoms with Gasteiger partial charge in [-0.25, -0.2) is 0 Å². The number of rotatable bonds is 46. The maximum absolute atomic E-state index is 13.2. The van der Waals surface area contributed by atoms with Crippen LogP contribution in [0.25, 0.3) is 0 Å². The summed E-state index contributed by atoms with van der Waals surface area (Å²) in [6.07, 6.45) is 62.8. The Morgan fingerprint density at radius 1 is 0.500 bits per heavy atom. The van der Waals surface area contributed by atoms with Crippen molar-refractivity contribution in [2.45, 2.75) is 264 Å². The van der Waals surface area contributed by atoms with Crippen LogP contribution in [0.4, 0.5) is 0 Å². The summed E-state index contributed by atoms with van der Waals surface area (Å²) in [6.45, 7) is 6.32. The molecule has 3 N–H and O–H groups in total. The first kappa shape index (κ1) is 59.3. The molecule has 0 saturated heterocycles. The molecule has 6 nitrogen and oxygen atoms in total. The number of nitrogens with one attached hydrogen (secondary N) is 1. The van der Waals surface area contributed by atoms with E-state index < -0.39 is 18.2 Å². The average Bonchev–Trinajstić information content (AvgIpc) is 3.26. The molecular weight excluding hydrogens is 767 g/mol. The van der Waals surface area contributed by atoms with Crippen molar-refractivity contribution in [2.24, 2.45) is 0 Å². The number of unbranched alkanes of at least 4 members (excludes halogenated alkanes) is 24. The third kappa shape index (κ3) is 43.9. The summed E-state index contributed by atoms with van der Waals surface area (Å²) in [4.78, 5) is 26.1. The number of ether oxygens (including phenoxy) is 1. The van der Waals surface area contributed by atoms with Crippen molar-refractivity contribution in [1.29, 1.82) is 0 Å². The Hall–Kier alpha value is -2.70. The Bertz CT molecular complexity index is 1150. The summed E-state index contributed by atoms with van der Waals surface area (Å²) in [5.74, 6) is -0.633. The van der Waals surface area contributed by atoms with Gasteiger partial charge < -0.3 is 20.3 Å². The van der Waals surface area contributed by atoms with E-state index in [1.54, 1.807) is 6.08 Å². The van der Waals surface area contributed by atoms with E-state index in [1.165, 1.54) is 135 Å². The molecule has 0 spiro atoms. The van der Waals surface area contributed by atoms with Crippen molar-refractivity contribution < 1.29 is 24.5 Å². The minimum atomic E-state index is -0.821. The van der Waals surface area contributed by atoms with Crippen LogP contribution in [0.1, 0.15) is 245 Å². The number of aliphatic hydroxyl groups excluding tert-OH is 2. The molecular formula is C56H99NO5. The fraction of sp³-hybridized carbons (Fsp3) is 0.750. The van der Waals surface area contributed by atoms with E-state index in [9.17, 15) is 19.8 Å². The minimum absolute atomic E-state index is 0.0490. The summed E-state index contributed by atoms with van der Waals surface area (Å²) in [6, 6.07) is -0.744. The van der Waals surface area contributed by atoms with Crippen LogP contribution in [0.3, 0.4) is 0 Å². The Morgan fingerprint density at radius 2 is 0.903 bits per heavy atom. The second kappa shape index (κ2) is 49.3. The number of esters is 1. The maximum Gasteiger partial charge on any atom is 0.306 e. The smallest absolute Gasteiger partial charge is 0.306 e. The number of amides is 1. The molecule has 358 valence electrons. The molecule has 0 aromatic rings. The first-order valence-electron chi connectivity index (χ1n) is 26.2. The van der Waals surface area contributed by atoms with Crippen LogP contribution in [0.5, 0.6) is 0 Å². The predicted octanol–water partition coefficient (Wildman–Crippen LogP) is 15.8. The van der Waals surface area contributed by atoms with Gasteiger partial charge in [0, 0.05) is 6.42 Å². The van der Waals surface area contributed by atoms with E-state index in [4.69, 9.17) is 4.74 Å². The lowest BCUT2D eigenvalue weighted by atomic mass is 10.0. The molecule has 0 saturated carbocycles. The van der Waals surface area contributed by atoms with Crippen LogP contribution in [-0.4, -0.2) is 46.9 Å². The molecule has 3 unspecified atom stereocenters. The summed E-state index contributed by atoms with van der Waals surface area (Å²) in [7, 11) is 0. The highest BCUT2D eigenvalue weighted by Gasteiger charge is 2.23. The van der Waals surface area contributed by atoms with E-state index in [1.807, 2.05) is 6.08 Å². The van der Waals surface area contributed by atoms with Gasteiger partial charge in [0.25, 0.3) is 0 Å². The van der Waals surface area contributed by atoms with Gasteiger partial charge in [-0.1, -0.05) is 229 Å². The Labute approximate surface area is 383 Å². The lowest BCUT2D eigenvalue weighted by molar-refractivity contribution is -0.148. The highest BCUT2D eigenvalue weighted by molar-refractivity contribution is 5.78. The molecule has 1 amide bonds. The van der Waals surface area contributed by atoms with Crippen LogP contribution in [-0.2, 0) is 14.3 Å². The monoisotopic (exact) mass is 866 g/mol. The highest BCUT2D eigenvalue weighted by atomic mass is 16.5. The van der Waals surface area contributed by atoms with Gasteiger partial charge >= 0.3 is 5.97 Å². The molecule has 0 aliphatic rings. The predicted molar refractivity (Wildman–Crippen MR) is 268 cm³/mol. The van der Waals surface area contributed by atoms with Crippen molar-refractivity contribution in [1.82, 2.24) is 5.32 Å². The molecule has 0 bridgehead atoms. The zero-order valence-electron chi connectivity index (χ0n) is 40.7. The van der Waals surface area contributed by atoms with Gasteiger partial charge in [0.15, 0.2) is 0 Å².